The average Bonchev–Trinajstić information content (AvgIpc) is 2.95. The Kier molecular flexibility index (Phi) is 5.85. The first kappa shape index (κ1) is 25.7. The molecule has 0 aliphatic heterocycles. The van der Waals surface area contributed by atoms with Gasteiger partial charge >= 0.3 is 0 Å². The number of fused-ring (bicyclic) bond motifs is 3. The quantitative estimate of drug-likeness (QED) is 0.300. The van der Waals surface area contributed by atoms with E-state index >= 15 is 0 Å². The third kappa shape index (κ3) is 4.31. The molecule has 6 fully saturated rings. The molecule has 208 valence electrons. The standard InChI is InChI=1S/C34H38FN3O2/c1-24-5-3-8-28(37-24)33-13-10-31(11-14-33,12-15-33)23-38(30(39)19-32-20-34(35,21-32)22-32)27-7-4-6-25(17-27)26-9-16-36-29(18-26)40-2/h3-9,16-18H,10-15,19-23H2,1-2H3. The van der Waals surface area contributed by atoms with Crippen LogP contribution in [0.25, 0.3) is 11.1 Å². The first-order valence-electron chi connectivity index (χ1n) is 14.8. The lowest BCUT2D eigenvalue weighted by atomic mass is 9.41. The summed E-state index contributed by atoms with van der Waals surface area (Å²) in [5.74, 6) is 0.706. The van der Waals surface area contributed by atoms with Crippen LogP contribution in [0.5, 0.6) is 5.88 Å². The molecule has 9 rings (SSSR count). The SMILES string of the molecule is COc1cc(-c2cccc(N(CC34CCC(c5cccc(C)n5)(CC3)CC4)C(=O)CC34CC(F)(C3)C4)c2)ccn1. The maximum atomic E-state index is 14.3. The van der Waals surface area contributed by atoms with Crippen molar-refractivity contribution in [1.82, 2.24) is 9.97 Å². The van der Waals surface area contributed by atoms with Crippen molar-refractivity contribution in [1.29, 1.82) is 0 Å². The minimum atomic E-state index is -0.996. The van der Waals surface area contributed by atoms with Crippen LogP contribution < -0.4 is 9.64 Å². The van der Waals surface area contributed by atoms with Gasteiger partial charge in [0, 0.05) is 47.7 Å². The number of halogens is 1. The van der Waals surface area contributed by atoms with Crippen molar-refractivity contribution in [3.63, 3.8) is 0 Å². The summed E-state index contributed by atoms with van der Waals surface area (Å²) in [6.45, 7) is 2.80. The highest BCUT2D eigenvalue weighted by Crippen LogP contribution is 2.71. The van der Waals surface area contributed by atoms with Gasteiger partial charge in [0.1, 0.15) is 5.67 Å². The van der Waals surface area contributed by atoms with Crippen LogP contribution in [-0.4, -0.2) is 35.2 Å². The number of benzene rings is 1. The smallest absolute Gasteiger partial charge is 0.227 e. The molecule has 5 nitrogen and oxygen atoms in total. The molecule has 40 heavy (non-hydrogen) atoms. The second kappa shape index (κ2) is 9.12. The Balaban J connectivity index is 1.16. The normalized spacial score (nSPS) is 31.7. The molecule has 2 aromatic heterocycles. The Morgan fingerprint density at radius 3 is 2.30 bits per heavy atom. The van der Waals surface area contributed by atoms with E-state index in [1.54, 1.807) is 13.3 Å². The summed E-state index contributed by atoms with van der Waals surface area (Å²) in [7, 11) is 1.62. The van der Waals surface area contributed by atoms with Crippen molar-refractivity contribution in [2.45, 2.75) is 82.2 Å². The molecular weight excluding hydrogens is 501 g/mol. The molecule has 0 unspecified atom stereocenters. The van der Waals surface area contributed by atoms with E-state index in [1.807, 2.05) is 18.2 Å². The monoisotopic (exact) mass is 539 g/mol. The fraction of sp³-hybridized carbons (Fsp3) is 0.500. The van der Waals surface area contributed by atoms with Crippen LogP contribution in [0.1, 0.15) is 75.6 Å². The summed E-state index contributed by atoms with van der Waals surface area (Å²) in [5, 5.41) is 0. The summed E-state index contributed by atoms with van der Waals surface area (Å²) in [6, 6.07) is 18.6. The van der Waals surface area contributed by atoms with E-state index in [0.29, 0.717) is 31.6 Å². The molecule has 6 heteroatoms. The molecule has 0 radical (unpaired) electrons. The number of hydrogen-bond donors (Lipinski definition) is 0. The molecule has 2 heterocycles. The average molecular weight is 540 g/mol. The van der Waals surface area contributed by atoms with Gasteiger partial charge in [-0.15, -0.1) is 0 Å². The molecule has 6 aliphatic rings. The lowest BCUT2D eigenvalue weighted by Gasteiger charge is -2.66. The maximum Gasteiger partial charge on any atom is 0.227 e. The molecular formula is C34H38FN3O2. The molecule has 0 N–H and O–H groups in total. The lowest BCUT2D eigenvalue weighted by molar-refractivity contribution is -0.215. The van der Waals surface area contributed by atoms with Crippen molar-refractivity contribution in [2.75, 3.05) is 18.6 Å². The van der Waals surface area contributed by atoms with Gasteiger partial charge in [-0.2, -0.15) is 0 Å². The van der Waals surface area contributed by atoms with Crippen LogP contribution in [0.15, 0.2) is 60.8 Å². The Labute approximate surface area is 236 Å². The summed E-state index contributed by atoms with van der Waals surface area (Å²) in [5.41, 5.74) is 4.45. The van der Waals surface area contributed by atoms with Crippen LogP contribution in [0.2, 0.25) is 0 Å². The highest BCUT2D eigenvalue weighted by Gasteiger charge is 2.69. The Bertz CT molecular complexity index is 1420. The molecule has 4 bridgehead atoms. The predicted octanol–water partition coefficient (Wildman–Crippen LogP) is 7.37. The molecule has 6 aliphatic carbocycles. The largest absolute Gasteiger partial charge is 0.481 e. The van der Waals surface area contributed by atoms with Gasteiger partial charge < -0.3 is 9.64 Å². The number of hydrogen-bond acceptors (Lipinski definition) is 4. The first-order chi connectivity index (χ1) is 19.2. The number of rotatable bonds is 8. The lowest BCUT2D eigenvalue weighted by Crippen LogP contribution is -2.65. The third-order valence-electron chi connectivity index (χ3n) is 10.7. The van der Waals surface area contributed by atoms with Crippen molar-refractivity contribution >= 4 is 11.6 Å². The zero-order valence-electron chi connectivity index (χ0n) is 23.6. The summed E-state index contributed by atoms with van der Waals surface area (Å²) in [4.78, 5) is 25.3. The minimum Gasteiger partial charge on any atom is -0.481 e. The number of aryl methyl sites for hydroxylation is 1. The number of carbonyl (C=O) groups is 1. The predicted molar refractivity (Wildman–Crippen MR) is 154 cm³/mol. The molecule has 0 atom stereocenters. The Morgan fingerprint density at radius 2 is 1.62 bits per heavy atom. The third-order valence-corrected chi connectivity index (χ3v) is 10.7. The van der Waals surface area contributed by atoms with E-state index < -0.39 is 5.67 Å². The molecule has 0 spiro atoms. The van der Waals surface area contributed by atoms with Gasteiger partial charge in [0.25, 0.3) is 0 Å². The number of methoxy groups -OCH3 is 1. The van der Waals surface area contributed by atoms with Gasteiger partial charge in [-0.05, 0) is 117 Å². The van der Waals surface area contributed by atoms with Gasteiger partial charge in [0.2, 0.25) is 11.8 Å². The number of aromatic nitrogens is 2. The number of pyridine rings is 2. The number of anilines is 1. The summed E-state index contributed by atoms with van der Waals surface area (Å²) >= 11 is 0. The van der Waals surface area contributed by atoms with Crippen LogP contribution in [0.4, 0.5) is 10.1 Å². The van der Waals surface area contributed by atoms with Crippen molar-refractivity contribution < 1.29 is 13.9 Å². The number of nitrogens with zero attached hydrogens (tertiary/aromatic N) is 3. The molecule has 6 saturated carbocycles. The fourth-order valence-electron chi connectivity index (χ4n) is 8.40. The van der Waals surface area contributed by atoms with E-state index in [0.717, 1.165) is 67.6 Å². The highest BCUT2D eigenvalue weighted by molar-refractivity contribution is 5.95. The number of ether oxygens (including phenoxy) is 1. The minimum absolute atomic E-state index is 0.109. The molecule has 1 amide bonds. The topological polar surface area (TPSA) is 55.3 Å². The Hall–Kier alpha value is -3.28. The van der Waals surface area contributed by atoms with Gasteiger partial charge in [0.15, 0.2) is 0 Å². The van der Waals surface area contributed by atoms with Gasteiger partial charge in [-0.25, -0.2) is 9.37 Å². The molecule has 1 aromatic carbocycles. The highest BCUT2D eigenvalue weighted by atomic mass is 19.1. The van der Waals surface area contributed by atoms with E-state index in [1.165, 1.54) is 5.69 Å². The second-order valence-electron chi connectivity index (χ2n) is 13.4. The van der Waals surface area contributed by atoms with Gasteiger partial charge in [-0.3, -0.25) is 9.78 Å². The van der Waals surface area contributed by atoms with E-state index in [9.17, 15) is 9.18 Å². The number of alkyl halides is 1. The Morgan fingerprint density at radius 1 is 0.925 bits per heavy atom. The molecule has 3 aromatic rings. The number of amides is 1. The van der Waals surface area contributed by atoms with Gasteiger partial charge in [-0.1, -0.05) is 18.2 Å². The molecule has 0 saturated heterocycles. The van der Waals surface area contributed by atoms with E-state index in [4.69, 9.17) is 9.72 Å². The van der Waals surface area contributed by atoms with Crippen LogP contribution >= 0.6 is 0 Å². The van der Waals surface area contributed by atoms with Crippen LogP contribution in [0, 0.1) is 17.8 Å². The van der Waals surface area contributed by atoms with E-state index in [2.05, 4.69) is 53.2 Å². The van der Waals surface area contributed by atoms with Crippen molar-refractivity contribution in [3.05, 3.63) is 72.2 Å². The zero-order chi connectivity index (χ0) is 27.6. The van der Waals surface area contributed by atoms with Crippen molar-refractivity contribution in [2.24, 2.45) is 10.8 Å². The van der Waals surface area contributed by atoms with Crippen molar-refractivity contribution in [3.8, 4) is 17.0 Å². The second-order valence-corrected chi connectivity index (χ2v) is 13.4. The number of carbonyl (C=O) groups excluding carboxylic acids is 1. The maximum absolute atomic E-state index is 14.3. The van der Waals surface area contributed by atoms with E-state index in [-0.39, 0.29) is 22.2 Å². The summed E-state index contributed by atoms with van der Waals surface area (Å²) < 4.78 is 19.7. The van der Waals surface area contributed by atoms with Gasteiger partial charge in [0.05, 0.1) is 7.11 Å². The van der Waals surface area contributed by atoms with Crippen LogP contribution in [-0.2, 0) is 10.2 Å². The van der Waals surface area contributed by atoms with Crippen LogP contribution in [0.3, 0.4) is 0 Å². The first-order valence-corrected chi connectivity index (χ1v) is 14.8. The fourth-order valence-corrected chi connectivity index (χ4v) is 8.40. The summed E-state index contributed by atoms with van der Waals surface area (Å²) in [6.07, 6.45) is 10.5. The zero-order valence-corrected chi connectivity index (χ0v) is 23.6.